The van der Waals surface area contributed by atoms with Crippen LogP contribution in [0.2, 0.25) is 0 Å². The number of fused-ring (bicyclic) bond motifs is 1. The number of rotatable bonds is 10. The Morgan fingerprint density at radius 1 is 0.939 bits per heavy atom. The molecule has 0 fully saturated rings. The molecule has 0 N–H and O–H groups in total. The average molecular weight is 456 g/mol. The third-order valence-corrected chi connectivity index (χ3v) is 6.63. The maximum atomic E-state index is 13.8. The normalized spacial score (nSPS) is 16.1. The molecule has 1 heterocycles. The van der Waals surface area contributed by atoms with E-state index in [4.69, 9.17) is 18.9 Å². The first-order chi connectivity index (χ1) is 16.0. The van der Waals surface area contributed by atoms with Gasteiger partial charge in [0.1, 0.15) is 0 Å². The predicted octanol–water partition coefficient (Wildman–Crippen LogP) is 5.41. The summed E-state index contributed by atoms with van der Waals surface area (Å²) in [4.78, 5) is 15.8. The molecule has 1 aliphatic rings. The first kappa shape index (κ1) is 24.7. The van der Waals surface area contributed by atoms with Crippen molar-refractivity contribution in [3.8, 4) is 23.0 Å². The molecule has 33 heavy (non-hydrogen) atoms. The van der Waals surface area contributed by atoms with Crippen LogP contribution in [0.1, 0.15) is 62.3 Å². The summed E-state index contributed by atoms with van der Waals surface area (Å²) in [6.45, 7) is 4.93. The van der Waals surface area contributed by atoms with Gasteiger partial charge in [-0.15, -0.1) is 0 Å². The smallest absolute Gasteiger partial charge is 0.226 e. The summed E-state index contributed by atoms with van der Waals surface area (Å²) in [6.07, 6.45) is 4.67. The number of nitrogens with zero attached hydrogens (tertiary/aromatic N) is 1. The number of carbonyl (C=O) groups excluding carboxylic acids is 1. The van der Waals surface area contributed by atoms with Gasteiger partial charge in [0.15, 0.2) is 23.0 Å². The highest BCUT2D eigenvalue weighted by Gasteiger charge is 2.36. The second-order valence-electron chi connectivity index (χ2n) is 8.45. The Morgan fingerprint density at radius 3 is 2.18 bits per heavy atom. The summed E-state index contributed by atoms with van der Waals surface area (Å²) in [5.74, 6) is 2.91. The van der Waals surface area contributed by atoms with Crippen LogP contribution in [0.25, 0.3) is 0 Å². The number of hydrogen-bond donors (Lipinski definition) is 0. The highest BCUT2D eigenvalue weighted by atomic mass is 16.5. The SMILES string of the molecule is CCCCC(CC)C(=O)N1CCc2cc(OC)c(OC)cc2C1c1ccc(OC)c(OC)c1. The highest BCUT2D eigenvalue weighted by molar-refractivity contribution is 5.80. The zero-order valence-corrected chi connectivity index (χ0v) is 20.8. The minimum absolute atomic E-state index is 0.0225. The first-order valence-corrected chi connectivity index (χ1v) is 11.8. The molecule has 2 unspecified atom stereocenters. The lowest BCUT2D eigenvalue weighted by atomic mass is 9.85. The lowest BCUT2D eigenvalue weighted by molar-refractivity contribution is -0.138. The summed E-state index contributed by atoms with van der Waals surface area (Å²) in [5, 5.41) is 0. The number of methoxy groups -OCH3 is 4. The van der Waals surface area contributed by atoms with Crippen molar-refractivity contribution in [2.24, 2.45) is 5.92 Å². The van der Waals surface area contributed by atoms with E-state index in [0.717, 1.165) is 48.8 Å². The van der Waals surface area contributed by atoms with Crippen molar-refractivity contribution < 1.29 is 23.7 Å². The molecular weight excluding hydrogens is 418 g/mol. The van der Waals surface area contributed by atoms with E-state index in [1.165, 1.54) is 0 Å². The quantitative estimate of drug-likeness (QED) is 0.479. The van der Waals surface area contributed by atoms with Crippen LogP contribution in [0.5, 0.6) is 23.0 Å². The van der Waals surface area contributed by atoms with Gasteiger partial charge in [-0.2, -0.15) is 0 Å². The van der Waals surface area contributed by atoms with Crippen LogP contribution in [0.4, 0.5) is 0 Å². The maximum Gasteiger partial charge on any atom is 0.226 e. The van der Waals surface area contributed by atoms with E-state index in [1.54, 1.807) is 28.4 Å². The number of ether oxygens (including phenoxy) is 4. The third kappa shape index (κ3) is 5.05. The second-order valence-corrected chi connectivity index (χ2v) is 8.45. The summed E-state index contributed by atoms with van der Waals surface area (Å²) >= 11 is 0. The maximum absolute atomic E-state index is 13.8. The second kappa shape index (κ2) is 11.3. The number of unbranched alkanes of at least 4 members (excludes halogenated alkanes) is 1. The molecule has 0 saturated carbocycles. The van der Waals surface area contributed by atoms with Crippen molar-refractivity contribution in [1.29, 1.82) is 0 Å². The molecular formula is C27H37NO5. The highest BCUT2D eigenvalue weighted by Crippen LogP contribution is 2.43. The van der Waals surface area contributed by atoms with Crippen molar-refractivity contribution in [2.75, 3.05) is 35.0 Å². The van der Waals surface area contributed by atoms with E-state index in [0.29, 0.717) is 29.5 Å². The van der Waals surface area contributed by atoms with Gasteiger partial charge in [-0.3, -0.25) is 4.79 Å². The zero-order valence-electron chi connectivity index (χ0n) is 20.8. The number of amides is 1. The largest absolute Gasteiger partial charge is 0.493 e. The summed E-state index contributed by atoms with van der Waals surface area (Å²) in [5.41, 5.74) is 3.21. The molecule has 2 aromatic carbocycles. The van der Waals surface area contributed by atoms with E-state index in [9.17, 15) is 4.79 Å². The molecule has 3 rings (SSSR count). The molecule has 2 atom stereocenters. The van der Waals surface area contributed by atoms with E-state index in [2.05, 4.69) is 13.8 Å². The van der Waals surface area contributed by atoms with Crippen molar-refractivity contribution >= 4 is 5.91 Å². The van der Waals surface area contributed by atoms with Gasteiger partial charge in [-0.1, -0.05) is 32.8 Å². The molecule has 2 aromatic rings. The van der Waals surface area contributed by atoms with Crippen molar-refractivity contribution in [3.05, 3.63) is 47.0 Å². The summed E-state index contributed by atoms with van der Waals surface area (Å²) in [7, 11) is 6.54. The molecule has 0 aliphatic carbocycles. The molecule has 1 amide bonds. The topological polar surface area (TPSA) is 57.2 Å². The molecule has 6 heteroatoms. The summed E-state index contributed by atoms with van der Waals surface area (Å²) in [6, 6.07) is 9.71. The fourth-order valence-corrected chi connectivity index (χ4v) is 4.75. The monoisotopic (exact) mass is 455 g/mol. The number of benzene rings is 2. The predicted molar refractivity (Wildman–Crippen MR) is 130 cm³/mol. The van der Waals surface area contributed by atoms with Crippen LogP contribution in [-0.2, 0) is 11.2 Å². The zero-order chi connectivity index (χ0) is 24.0. The minimum Gasteiger partial charge on any atom is -0.493 e. The summed E-state index contributed by atoms with van der Waals surface area (Å²) < 4.78 is 22.2. The van der Waals surface area contributed by atoms with Gasteiger partial charge in [0.05, 0.1) is 34.5 Å². The van der Waals surface area contributed by atoms with Gasteiger partial charge >= 0.3 is 0 Å². The van der Waals surface area contributed by atoms with Crippen molar-refractivity contribution in [1.82, 2.24) is 4.90 Å². The molecule has 0 radical (unpaired) electrons. The third-order valence-electron chi connectivity index (χ3n) is 6.63. The molecule has 0 saturated heterocycles. The van der Waals surface area contributed by atoms with Crippen LogP contribution in [0, 0.1) is 5.92 Å². The van der Waals surface area contributed by atoms with Gasteiger partial charge < -0.3 is 23.8 Å². The standard InChI is InChI=1S/C27H37NO5/c1-7-9-10-18(8-2)27(29)28-14-13-19-15-24(32-5)25(33-6)17-21(19)26(28)20-11-12-22(30-3)23(16-20)31-4/h11-12,15-18,26H,7-10,13-14H2,1-6H3. The lowest BCUT2D eigenvalue weighted by Gasteiger charge is -2.40. The first-order valence-electron chi connectivity index (χ1n) is 11.8. The Balaban J connectivity index is 2.14. The average Bonchev–Trinajstić information content (AvgIpc) is 2.86. The molecule has 180 valence electrons. The molecule has 1 aliphatic heterocycles. The fraction of sp³-hybridized carbons (Fsp3) is 0.519. The Morgan fingerprint density at radius 2 is 1.58 bits per heavy atom. The van der Waals surface area contributed by atoms with Gasteiger partial charge in [0.2, 0.25) is 5.91 Å². The van der Waals surface area contributed by atoms with Crippen LogP contribution in [-0.4, -0.2) is 45.8 Å². The van der Waals surface area contributed by atoms with Crippen LogP contribution in [0.3, 0.4) is 0 Å². The van der Waals surface area contributed by atoms with Crippen molar-refractivity contribution in [3.63, 3.8) is 0 Å². The van der Waals surface area contributed by atoms with Gasteiger partial charge in [0.25, 0.3) is 0 Å². The Labute approximate surface area is 197 Å². The fourth-order valence-electron chi connectivity index (χ4n) is 4.75. The Hall–Kier alpha value is -2.89. The molecule has 0 bridgehead atoms. The molecule has 0 spiro atoms. The molecule has 6 nitrogen and oxygen atoms in total. The van der Waals surface area contributed by atoms with Gasteiger partial charge in [-0.25, -0.2) is 0 Å². The Kier molecular flexibility index (Phi) is 8.48. The minimum atomic E-state index is -0.239. The van der Waals surface area contributed by atoms with Crippen LogP contribution in [0.15, 0.2) is 30.3 Å². The lowest BCUT2D eigenvalue weighted by Crippen LogP contribution is -2.43. The Bertz CT molecular complexity index is 958. The van der Waals surface area contributed by atoms with E-state index < -0.39 is 0 Å². The number of carbonyl (C=O) groups is 1. The van der Waals surface area contributed by atoms with E-state index >= 15 is 0 Å². The van der Waals surface area contributed by atoms with Gasteiger partial charge in [-0.05, 0) is 60.2 Å². The number of hydrogen-bond acceptors (Lipinski definition) is 5. The van der Waals surface area contributed by atoms with E-state index in [-0.39, 0.29) is 17.9 Å². The van der Waals surface area contributed by atoms with Crippen molar-refractivity contribution in [2.45, 2.75) is 52.0 Å². The molecule has 0 aromatic heterocycles. The van der Waals surface area contributed by atoms with E-state index in [1.807, 2.05) is 35.2 Å². The van der Waals surface area contributed by atoms with Crippen LogP contribution >= 0.6 is 0 Å². The van der Waals surface area contributed by atoms with Gasteiger partial charge in [0, 0.05) is 12.5 Å². The van der Waals surface area contributed by atoms with Crippen LogP contribution < -0.4 is 18.9 Å².